The van der Waals surface area contributed by atoms with Gasteiger partial charge in [-0.3, -0.25) is 0 Å². The first-order valence-corrected chi connectivity index (χ1v) is 7.49. The zero-order valence-electron chi connectivity index (χ0n) is 12.9. The normalized spacial score (nSPS) is 10.0. The van der Waals surface area contributed by atoms with Gasteiger partial charge in [-0.15, -0.1) is 0 Å². The van der Waals surface area contributed by atoms with Crippen LogP contribution in [0.25, 0.3) is 0 Å². The van der Waals surface area contributed by atoms with Crippen molar-refractivity contribution < 1.29 is 14.3 Å². The van der Waals surface area contributed by atoms with Gasteiger partial charge in [0.1, 0.15) is 0 Å². The average Bonchev–Trinajstić information content (AvgIpc) is 2.49. The molecule has 0 aliphatic rings. The number of benzene rings is 2. The Morgan fingerprint density at radius 2 is 1.87 bits per heavy atom. The number of esters is 1. The molecule has 0 fully saturated rings. The van der Waals surface area contributed by atoms with Gasteiger partial charge in [-0.2, -0.15) is 0 Å². The molecule has 2 aromatic carbocycles. The van der Waals surface area contributed by atoms with Crippen LogP contribution in [0.5, 0.6) is 0 Å². The summed E-state index contributed by atoms with van der Waals surface area (Å²) < 4.78 is 5.00. The maximum absolute atomic E-state index is 12.1. The molecule has 0 saturated carbocycles. The topological polar surface area (TPSA) is 67.4 Å². The molecular weight excluding hydrogens is 316 g/mol. The molecule has 2 N–H and O–H groups in total. The number of rotatable bonds is 4. The van der Waals surface area contributed by atoms with Crippen molar-refractivity contribution in [2.75, 3.05) is 17.2 Å². The Bertz CT molecular complexity index is 732. The third-order valence-corrected chi connectivity index (χ3v) is 3.39. The molecule has 0 aliphatic carbocycles. The molecular formula is C17H17ClN2O3. The summed E-state index contributed by atoms with van der Waals surface area (Å²) in [4.78, 5) is 23.9. The number of hydrogen-bond donors (Lipinski definition) is 2. The van der Waals surface area contributed by atoms with Gasteiger partial charge in [0.15, 0.2) is 0 Å². The van der Waals surface area contributed by atoms with Crippen LogP contribution < -0.4 is 10.6 Å². The van der Waals surface area contributed by atoms with Crippen molar-refractivity contribution in [2.45, 2.75) is 13.8 Å². The van der Waals surface area contributed by atoms with E-state index in [0.717, 1.165) is 0 Å². The molecule has 2 rings (SSSR count). The SMILES string of the molecule is CCOC(=O)c1cccc(NC(=O)Nc2cccc(Cl)c2)c1C. The number of carbonyl (C=O) groups is 2. The van der Waals surface area contributed by atoms with E-state index in [9.17, 15) is 9.59 Å². The maximum atomic E-state index is 12.1. The molecule has 0 saturated heterocycles. The van der Waals surface area contributed by atoms with E-state index in [1.54, 1.807) is 56.3 Å². The average molecular weight is 333 g/mol. The van der Waals surface area contributed by atoms with Crippen LogP contribution >= 0.6 is 11.6 Å². The predicted octanol–water partition coefficient (Wildman–Crippen LogP) is 4.47. The minimum absolute atomic E-state index is 0.297. The van der Waals surface area contributed by atoms with Crippen LogP contribution in [0, 0.1) is 6.92 Å². The molecule has 23 heavy (non-hydrogen) atoms. The maximum Gasteiger partial charge on any atom is 0.338 e. The Morgan fingerprint density at radius 1 is 1.13 bits per heavy atom. The lowest BCUT2D eigenvalue weighted by Crippen LogP contribution is -2.20. The fourth-order valence-electron chi connectivity index (χ4n) is 2.05. The van der Waals surface area contributed by atoms with Crippen LogP contribution in [0.3, 0.4) is 0 Å². The molecule has 0 atom stereocenters. The molecule has 6 heteroatoms. The highest BCUT2D eigenvalue weighted by Crippen LogP contribution is 2.21. The lowest BCUT2D eigenvalue weighted by atomic mass is 10.1. The van der Waals surface area contributed by atoms with E-state index >= 15 is 0 Å². The van der Waals surface area contributed by atoms with Crippen LogP contribution in [0.1, 0.15) is 22.8 Å². The largest absolute Gasteiger partial charge is 0.462 e. The summed E-state index contributed by atoms with van der Waals surface area (Å²) in [5.41, 5.74) is 2.18. The van der Waals surface area contributed by atoms with Crippen molar-refractivity contribution >= 4 is 35.0 Å². The van der Waals surface area contributed by atoms with Gasteiger partial charge in [-0.05, 0) is 49.7 Å². The second-order valence-electron chi connectivity index (χ2n) is 4.79. The highest BCUT2D eigenvalue weighted by Gasteiger charge is 2.14. The second-order valence-corrected chi connectivity index (χ2v) is 5.22. The zero-order valence-corrected chi connectivity index (χ0v) is 13.6. The van der Waals surface area contributed by atoms with Gasteiger partial charge in [0.25, 0.3) is 0 Å². The third kappa shape index (κ3) is 4.47. The lowest BCUT2D eigenvalue weighted by molar-refractivity contribution is 0.0525. The molecule has 0 radical (unpaired) electrons. The number of halogens is 1. The van der Waals surface area contributed by atoms with E-state index in [0.29, 0.717) is 34.1 Å². The molecule has 5 nitrogen and oxygen atoms in total. The Balaban J connectivity index is 2.12. The minimum atomic E-state index is -0.420. The van der Waals surface area contributed by atoms with Gasteiger partial charge in [-0.1, -0.05) is 23.7 Å². The van der Waals surface area contributed by atoms with Gasteiger partial charge >= 0.3 is 12.0 Å². The molecule has 0 heterocycles. The van der Waals surface area contributed by atoms with E-state index in [1.807, 2.05) is 0 Å². The summed E-state index contributed by atoms with van der Waals surface area (Å²) in [6.45, 7) is 3.79. The van der Waals surface area contributed by atoms with E-state index in [-0.39, 0.29) is 0 Å². The number of anilines is 2. The lowest BCUT2D eigenvalue weighted by Gasteiger charge is -2.12. The molecule has 0 bridgehead atoms. The fraction of sp³-hybridized carbons (Fsp3) is 0.176. The molecule has 120 valence electrons. The summed E-state index contributed by atoms with van der Waals surface area (Å²) >= 11 is 5.88. The number of carbonyl (C=O) groups excluding carboxylic acids is 2. The third-order valence-electron chi connectivity index (χ3n) is 3.16. The van der Waals surface area contributed by atoms with Gasteiger partial charge in [0.05, 0.1) is 12.2 Å². The van der Waals surface area contributed by atoms with Crippen molar-refractivity contribution in [3.63, 3.8) is 0 Å². The molecule has 2 aromatic rings. The van der Waals surface area contributed by atoms with Crippen molar-refractivity contribution in [1.82, 2.24) is 0 Å². The van der Waals surface area contributed by atoms with E-state index in [1.165, 1.54) is 0 Å². The highest BCUT2D eigenvalue weighted by atomic mass is 35.5. The quantitative estimate of drug-likeness (QED) is 0.812. The number of ether oxygens (including phenoxy) is 1. The van der Waals surface area contributed by atoms with Gasteiger partial charge in [0, 0.05) is 16.4 Å². The summed E-state index contributed by atoms with van der Waals surface area (Å²) in [7, 11) is 0. The molecule has 0 spiro atoms. The number of nitrogens with one attached hydrogen (secondary N) is 2. The first-order chi connectivity index (χ1) is 11.0. The fourth-order valence-corrected chi connectivity index (χ4v) is 2.24. The number of amides is 2. The standard InChI is InChI=1S/C17H17ClN2O3/c1-3-23-16(21)14-8-5-9-15(11(14)2)20-17(22)19-13-7-4-6-12(18)10-13/h4-10H,3H2,1-2H3,(H2,19,20,22). The molecule has 0 unspecified atom stereocenters. The van der Waals surface area contributed by atoms with Crippen molar-refractivity contribution in [2.24, 2.45) is 0 Å². The van der Waals surface area contributed by atoms with E-state index < -0.39 is 12.0 Å². The van der Waals surface area contributed by atoms with Crippen LogP contribution in [0.15, 0.2) is 42.5 Å². The summed E-state index contributed by atoms with van der Waals surface area (Å²) in [6, 6.07) is 11.5. The van der Waals surface area contributed by atoms with Crippen molar-refractivity contribution in [3.05, 3.63) is 58.6 Å². The highest BCUT2D eigenvalue weighted by molar-refractivity contribution is 6.30. The Kier molecular flexibility index (Phi) is 5.60. The van der Waals surface area contributed by atoms with Crippen LogP contribution in [0.2, 0.25) is 5.02 Å². The van der Waals surface area contributed by atoms with Gasteiger partial charge < -0.3 is 15.4 Å². The Morgan fingerprint density at radius 3 is 2.57 bits per heavy atom. The number of urea groups is 1. The second kappa shape index (κ2) is 7.65. The molecule has 0 aliphatic heterocycles. The zero-order chi connectivity index (χ0) is 16.8. The molecule has 0 aromatic heterocycles. The monoisotopic (exact) mass is 332 g/mol. The summed E-state index contributed by atoms with van der Waals surface area (Å²) in [5.74, 6) is -0.413. The Hall–Kier alpha value is -2.53. The van der Waals surface area contributed by atoms with E-state index in [2.05, 4.69) is 10.6 Å². The van der Waals surface area contributed by atoms with Gasteiger partial charge in [-0.25, -0.2) is 9.59 Å². The Labute approximate surface area is 139 Å². The van der Waals surface area contributed by atoms with Gasteiger partial charge in [0.2, 0.25) is 0 Å². The van der Waals surface area contributed by atoms with Crippen LogP contribution in [-0.4, -0.2) is 18.6 Å². The van der Waals surface area contributed by atoms with Crippen LogP contribution in [-0.2, 0) is 4.74 Å². The van der Waals surface area contributed by atoms with Crippen molar-refractivity contribution in [1.29, 1.82) is 0 Å². The van der Waals surface area contributed by atoms with E-state index in [4.69, 9.17) is 16.3 Å². The smallest absolute Gasteiger partial charge is 0.338 e. The molecule has 2 amide bonds. The minimum Gasteiger partial charge on any atom is -0.462 e. The van der Waals surface area contributed by atoms with Crippen LogP contribution in [0.4, 0.5) is 16.2 Å². The predicted molar refractivity (Wildman–Crippen MR) is 91.2 cm³/mol. The van der Waals surface area contributed by atoms with Crippen molar-refractivity contribution in [3.8, 4) is 0 Å². The summed E-state index contributed by atoms with van der Waals surface area (Å²) in [5, 5.41) is 5.93. The first kappa shape index (κ1) is 16.8. The first-order valence-electron chi connectivity index (χ1n) is 7.11. The number of hydrogen-bond acceptors (Lipinski definition) is 3. The summed E-state index contributed by atoms with van der Waals surface area (Å²) in [6.07, 6.45) is 0.